The molecule has 1 rings (SSSR count). The van der Waals surface area contributed by atoms with Crippen LogP contribution in [-0.4, -0.2) is 29.8 Å². The van der Waals surface area contributed by atoms with E-state index < -0.39 is 6.10 Å². The Morgan fingerprint density at radius 1 is 1.43 bits per heavy atom. The van der Waals surface area contributed by atoms with E-state index in [2.05, 4.69) is 5.32 Å². The van der Waals surface area contributed by atoms with Gasteiger partial charge in [-0.3, -0.25) is 4.79 Å². The number of ether oxygens (including phenoxy) is 1. The lowest BCUT2D eigenvalue weighted by molar-refractivity contribution is -0.127. The van der Waals surface area contributed by atoms with Gasteiger partial charge in [0.25, 0.3) is 5.91 Å². The van der Waals surface area contributed by atoms with E-state index in [1.54, 1.807) is 38.1 Å². The molecule has 21 heavy (non-hydrogen) atoms. The fourth-order valence-corrected chi connectivity index (χ4v) is 1.98. The number of carbonyl (C=O) groups is 1. The number of hydrogen-bond donors (Lipinski definition) is 2. The van der Waals surface area contributed by atoms with E-state index in [-0.39, 0.29) is 17.9 Å². The summed E-state index contributed by atoms with van der Waals surface area (Å²) in [7, 11) is 0. The quantitative estimate of drug-likeness (QED) is 0.803. The highest BCUT2D eigenvalue weighted by Crippen LogP contribution is 2.14. The molecule has 0 aliphatic carbocycles. The molecule has 3 atom stereocenters. The Hall–Kier alpha value is -2.06. The fourth-order valence-electron chi connectivity index (χ4n) is 1.98. The number of nitriles is 1. The number of nitrogens with zero attached hydrogens (tertiary/aromatic N) is 1. The molecule has 0 aliphatic rings. The molecule has 0 spiro atoms. The third-order valence-electron chi connectivity index (χ3n) is 3.01. The van der Waals surface area contributed by atoms with E-state index in [9.17, 15) is 9.90 Å². The molecule has 0 aromatic heterocycles. The second-order valence-corrected chi connectivity index (χ2v) is 5.33. The molecule has 114 valence electrons. The molecule has 1 aromatic carbocycles. The molecule has 5 nitrogen and oxygen atoms in total. The zero-order valence-corrected chi connectivity index (χ0v) is 12.7. The van der Waals surface area contributed by atoms with Gasteiger partial charge >= 0.3 is 0 Å². The summed E-state index contributed by atoms with van der Waals surface area (Å²) >= 11 is 0. The van der Waals surface area contributed by atoms with E-state index in [0.717, 1.165) is 0 Å². The van der Waals surface area contributed by atoms with Crippen LogP contribution in [0.15, 0.2) is 24.3 Å². The lowest BCUT2D eigenvalue weighted by Crippen LogP contribution is -2.38. The van der Waals surface area contributed by atoms with Gasteiger partial charge in [-0.2, -0.15) is 5.26 Å². The van der Waals surface area contributed by atoms with Crippen LogP contribution in [-0.2, 0) is 4.79 Å². The molecule has 2 N–H and O–H groups in total. The maximum Gasteiger partial charge on any atom is 0.260 e. The first-order chi connectivity index (χ1) is 9.92. The minimum Gasteiger partial charge on any atom is -0.481 e. The maximum atomic E-state index is 11.9. The van der Waals surface area contributed by atoms with Crippen LogP contribution in [0.25, 0.3) is 0 Å². The van der Waals surface area contributed by atoms with E-state index in [0.29, 0.717) is 24.3 Å². The topological polar surface area (TPSA) is 82.3 Å². The van der Waals surface area contributed by atoms with Crippen molar-refractivity contribution in [2.24, 2.45) is 5.92 Å². The van der Waals surface area contributed by atoms with Crippen LogP contribution in [0.2, 0.25) is 0 Å². The Morgan fingerprint density at radius 2 is 2.14 bits per heavy atom. The molecule has 0 aliphatic heterocycles. The summed E-state index contributed by atoms with van der Waals surface area (Å²) in [5.41, 5.74) is 0.491. The first-order valence-corrected chi connectivity index (χ1v) is 7.05. The minimum absolute atomic E-state index is 0.197. The fraction of sp³-hybridized carbons (Fsp3) is 0.500. The first-order valence-electron chi connectivity index (χ1n) is 7.05. The molecule has 1 amide bonds. The van der Waals surface area contributed by atoms with Gasteiger partial charge in [0.2, 0.25) is 0 Å². The number of benzene rings is 1. The van der Waals surface area contributed by atoms with Gasteiger partial charge in [0.1, 0.15) is 5.75 Å². The molecular weight excluding hydrogens is 268 g/mol. The van der Waals surface area contributed by atoms with Crippen molar-refractivity contribution < 1.29 is 14.6 Å². The van der Waals surface area contributed by atoms with Crippen molar-refractivity contribution in [1.82, 2.24) is 5.32 Å². The number of aliphatic hydroxyl groups excluding tert-OH is 1. The van der Waals surface area contributed by atoms with Crippen LogP contribution in [0.3, 0.4) is 0 Å². The van der Waals surface area contributed by atoms with Crippen LogP contribution in [0.1, 0.15) is 32.8 Å². The summed E-state index contributed by atoms with van der Waals surface area (Å²) in [6, 6.07) is 8.72. The second kappa shape index (κ2) is 8.28. The van der Waals surface area contributed by atoms with E-state index in [4.69, 9.17) is 10.00 Å². The predicted octanol–water partition coefficient (Wildman–Crippen LogP) is 1.85. The van der Waals surface area contributed by atoms with Crippen LogP contribution in [0, 0.1) is 17.2 Å². The van der Waals surface area contributed by atoms with Crippen molar-refractivity contribution >= 4 is 5.91 Å². The van der Waals surface area contributed by atoms with Crippen LogP contribution >= 0.6 is 0 Å². The van der Waals surface area contributed by atoms with Crippen molar-refractivity contribution in [2.75, 3.05) is 6.54 Å². The standard InChI is InChI=1S/C16H22N2O3/c1-11(7-12(2)19)10-18-16(20)13(3)21-15-6-4-5-14(8-15)9-17/h4-6,8,11-13,19H,7,10H2,1-3H3,(H,18,20). The molecule has 0 saturated carbocycles. The molecule has 0 radical (unpaired) electrons. The largest absolute Gasteiger partial charge is 0.481 e. The Bertz CT molecular complexity index is 508. The van der Waals surface area contributed by atoms with E-state index in [1.165, 1.54) is 0 Å². The summed E-state index contributed by atoms with van der Waals surface area (Å²) in [6.07, 6.45) is -0.378. The first kappa shape index (κ1) is 17.0. The average molecular weight is 290 g/mol. The molecule has 3 unspecified atom stereocenters. The lowest BCUT2D eigenvalue weighted by Gasteiger charge is -2.18. The van der Waals surface area contributed by atoms with Crippen LogP contribution in [0.5, 0.6) is 5.75 Å². The third kappa shape index (κ3) is 6.28. The predicted molar refractivity (Wildman–Crippen MR) is 79.7 cm³/mol. The monoisotopic (exact) mass is 290 g/mol. The number of rotatable bonds is 7. The van der Waals surface area contributed by atoms with Gasteiger partial charge in [-0.15, -0.1) is 0 Å². The summed E-state index contributed by atoms with van der Waals surface area (Å²) in [6.45, 7) is 5.85. The Balaban J connectivity index is 2.45. The van der Waals surface area contributed by atoms with Crippen molar-refractivity contribution in [3.05, 3.63) is 29.8 Å². The normalized spacial score (nSPS) is 14.6. The molecule has 0 heterocycles. The SMILES string of the molecule is CC(O)CC(C)CNC(=O)C(C)Oc1cccc(C#N)c1. The summed E-state index contributed by atoms with van der Waals surface area (Å²) in [5.74, 6) is 0.478. The summed E-state index contributed by atoms with van der Waals surface area (Å²) in [4.78, 5) is 11.9. The Labute approximate surface area is 125 Å². The number of aliphatic hydroxyl groups is 1. The highest BCUT2D eigenvalue weighted by molar-refractivity contribution is 5.80. The van der Waals surface area contributed by atoms with Crippen molar-refractivity contribution in [2.45, 2.75) is 39.4 Å². The second-order valence-electron chi connectivity index (χ2n) is 5.33. The number of nitrogens with one attached hydrogen (secondary N) is 1. The third-order valence-corrected chi connectivity index (χ3v) is 3.01. The van der Waals surface area contributed by atoms with Gasteiger partial charge in [-0.05, 0) is 44.4 Å². The van der Waals surface area contributed by atoms with Gasteiger partial charge in [-0.1, -0.05) is 13.0 Å². The zero-order chi connectivity index (χ0) is 15.8. The highest BCUT2D eigenvalue weighted by Gasteiger charge is 2.16. The van der Waals surface area contributed by atoms with Gasteiger partial charge in [0, 0.05) is 6.54 Å². The Kier molecular flexibility index (Phi) is 6.70. The van der Waals surface area contributed by atoms with Crippen molar-refractivity contribution in [3.63, 3.8) is 0 Å². The highest BCUT2D eigenvalue weighted by atomic mass is 16.5. The van der Waals surface area contributed by atoms with Crippen molar-refractivity contribution in [1.29, 1.82) is 5.26 Å². The number of carbonyl (C=O) groups excluding carboxylic acids is 1. The lowest BCUT2D eigenvalue weighted by atomic mass is 10.0. The summed E-state index contributed by atoms with van der Waals surface area (Å²) in [5, 5.41) is 20.9. The van der Waals surface area contributed by atoms with Crippen molar-refractivity contribution in [3.8, 4) is 11.8 Å². The van der Waals surface area contributed by atoms with Crippen LogP contribution in [0.4, 0.5) is 0 Å². The molecular formula is C16H22N2O3. The van der Waals surface area contributed by atoms with Gasteiger partial charge in [0.15, 0.2) is 6.10 Å². The number of hydrogen-bond acceptors (Lipinski definition) is 4. The average Bonchev–Trinajstić information content (AvgIpc) is 2.44. The van der Waals surface area contributed by atoms with Gasteiger partial charge < -0.3 is 15.2 Å². The van der Waals surface area contributed by atoms with Gasteiger partial charge in [-0.25, -0.2) is 0 Å². The molecule has 1 aromatic rings. The smallest absolute Gasteiger partial charge is 0.260 e. The molecule has 0 fully saturated rings. The summed E-state index contributed by atoms with van der Waals surface area (Å²) < 4.78 is 5.52. The maximum absolute atomic E-state index is 11.9. The van der Waals surface area contributed by atoms with E-state index in [1.807, 2.05) is 13.0 Å². The molecule has 0 bridgehead atoms. The Morgan fingerprint density at radius 3 is 2.76 bits per heavy atom. The van der Waals surface area contributed by atoms with Gasteiger partial charge in [0.05, 0.1) is 17.7 Å². The van der Waals surface area contributed by atoms with Crippen LogP contribution < -0.4 is 10.1 Å². The minimum atomic E-state index is -0.641. The molecule has 5 heteroatoms. The zero-order valence-electron chi connectivity index (χ0n) is 12.7. The van der Waals surface area contributed by atoms with E-state index >= 15 is 0 Å². The number of amides is 1. The molecule has 0 saturated heterocycles.